The van der Waals surface area contributed by atoms with Gasteiger partial charge in [0.15, 0.2) is 0 Å². The summed E-state index contributed by atoms with van der Waals surface area (Å²) < 4.78 is 1.50. The Kier molecular flexibility index (Phi) is 4.46. The fourth-order valence-electron chi connectivity index (χ4n) is 4.16. The molecule has 0 radical (unpaired) electrons. The van der Waals surface area contributed by atoms with Crippen LogP contribution in [-0.4, -0.2) is 22.2 Å². The third kappa shape index (κ3) is 3.03. The highest BCUT2D eigenvalue weighted by molar-refractivity contribution is 7.10. The van der Waals surface area contributed by atoms with Gasteiger partial charge in [0, 0.05) is 17.5 Å². The number of thiophene rings is 1. The first-order valence-electron chi connectivity index (χ1n) is 9.11. The summed E-state index contributed by atoms with van der Waals surface area (Å²) in [6.45, 7) is 0.871. The minimum Gasteiger partial charge on any atom is -0.353 e. The predicted octanol–water partition coefficient (Wildman–Crippen LogP) is 2.42. The summed E-state index contributed by atoms with van der Waals surface area (Å²) in [7, 11) is 0. The number of nitrogens with one attached hydrogen (secondary N) is 1. The second-order valence-electron chi connectivity index (χ2n) is 7.05. The third-order valence-electron chi connectivity index (χ3n) is 5.52. The van der Waals surface area contributed by atoms with Crippen molar-refractivity contribution < 1.29 is 4.79 Å². The second-order valence-corrected chi connectivity index (χ2v) is 8.00. The van der Waals surface area contributed by atoms with Crippen LogP contribution in [0.2, 0.25) is 0 Å². The number of hydrogen-bond donors (Lipinski definition) is 1. The van der Waals surface area contributed by atoms with Crippen molar-refractivity contribution in [2.24, 2.45) is 0 Å². The Morgan fingerprint density at radius 1 is 1.28 bits per heavy atom. The number of hydrogen-bond acceptors (Lipinski definition) is 4. The Balaban J connectivity index is 1.43. The minimum absolute atomic E-state index is 0.0660. The van der Waals surface area contributed by atoms with Crippen LogP contribution >= 0.6 is 11.3 Å². The molecule has 0 bridgehead atoms. The maximum atomic E-state index is 12.9. The number of aryl methyl sites for hydroxylation is 2. The average Bonchev–Trinajstić information content (AvgIpc) is 3.35. The molecule has 6 heteroatoms. The van der Waals surface area contributed by atoms with Crippen LogP contribution in [0.4, 0.5) is 0 Å². The van der Waals surface area contributed by atoms with Crippen molar-refractivity contribution in [1.82, 2.24) is 15.1 Å². The summed E-state index contributed by atoms with van der Waals surface area (Å²) in [6, 6.07) is 5.80. The van der Waals surface area contributed by atoms with Crippen molar-refractivity contribution in [3.05, 3.63) is 50.1 Å². The molecule has 5 nitrogen and oxygen atoms in total. The normalized spacial score (nSPS) is 18.2. The van der Waals surface area contributed by atoms with E-state index >= 15 is 0 Å². The quantitative estimate of drug-likeness (QED) is 0.894. The van der Waals surface area contributed by atoms with Crippen LogP contribution in [0, 0.1) is 0 Å². The van der Waals surface area contributed by atoms with Crippen LogP contribution in [-0.2, 0) is 29.6 Å². The number of nitrogens with zero attached hydrogens (tertiary/aromatic N) is 2. The van der Waals surface area contributed by atoms with E-state index in [-0.39, 0.29) is 16.9 Å². The molecule has 0 unspecified atom stereocenters. The van der Waals surface area contributed by atoms with E-state index in [0.717, 1.165) is 61.1 Å². The monoisotopic (exact) mass is 357 g/mol. The second kappa shape index (κ2) is 6.75. The lowest BCUT2D eigenvalue weighted by atomic mass is 9.83. The molecule has 25 heavy (non-hydrogen) atoms. The molecule has 2 aliphatic rings. The molecule has 2 aromatic rings. The van der Waals surface area contributed by atoms with Gasteiger partial charge in [-0.25, -0.2) is 4.68 Å². The lowest BCUT2D eigenvalue weighted by Crippen LogP contribution is -2.43. The first-order valence-corrected chi connectivity index (χ1v) is 9.99. The molecule has 1 N–H and O–H groups in total. The largest absolute Gasteiger partial charge is 0.353 e. The molecule has 2 heterocycles. The highest BCUT2D eigenvalue weighted by Gasteiger charge is 2.43. The van der Waals surface area contributed by atoms with Gasteiger partial charge in [-0.2, -0.15) is 5.10 Å². The van der Waals surface area contributed by atoms with Gasteiger partial charge in [0.2, 0.25) is 5.91 Å². The smallest absolute Gasteiger partial charge is 0.267 e. The lowest BCUT2D eigenvalue weighted by Gasteiger charge is -2.26. The van der Waals surface area contributed by atoms with E-state index in [1.165, 1.54) is 4.68 Å². The van der Waals surface area contributed by atoms with Crippen LogP contribution in [0.15, 0.2) is 28.4 Å². The molecule has 132 valence electrons. The molecular formula is C19H23N3O2S. The van der Waals surface area contributed by atoms with E-state index < -0.39 is 0 Å². The van der Waals surface area contributed by atoms with E-state index in [1.807, 2.05) is 11.4 Å². The molecule has 0 aromatic carbocycles. The fraction of sp³-hybridized carbons (Fsp3) is 0.526. The van der Waals surface area contributed by atoms with Crippen molar-refractivity contribution in [3.8, 4) is 0 Å². The zero-order valence-corrected chi connectivity index (χ0v) is 15.1. The summed E-state index contributed by atoms with van der Waals surface area (Å²) in [5.74, 6) is 0.0988. The van der Waals surface area contributed by atoms with Crippen molar-refractivity contribution in [2.75, 3.05) is 6.54 Å². The van der Waals surface area contributed by atoms with Gasteiger partial charge in [-0.05, 0) is 49.1 Å². The highest BCUT2D eigenvalue weighted by atomic mass is 32.1. The maximum Gasteiger partial charge on any atom is 0.267 e. The Hall–Kier alpha value is -1.95. The summed E-state index contributed by atoms with van der Waals surface area (Å²) >= 11 is 1.66. The highest BCUT2D eigenvalue weighted by Crippen LogP contribution is 2.43. The maximum absolute atomic E-state index is 12.9. The van der Waals surface area contributed by atoms with E-state index in [1.54, 1.807) is 17.4 Å². The van der Waals surface area contributed by atoms with E-state index in [2.05, 4.69) is 16.5 Å². The molecule has 2 aliphatic carbocycles. The molecule has 1 amide bonds. The molecule has 1 fully saturated rings. The van der Waals surface area contributed by atoms with E-state index in [0.29, 0.717) is 13.1 Å². The summed E-state index contributed by atoms with van der Waals surface area (Å²) in [5.41, 5.74) is 1.69. The molecule has 0 spiro atoms. The average molecular weight is 357 g/mol. The SMILES string of the molecule is O=C(NCCn1nc2c(cc1=O)CCC2)C1(c2cccs2)CCCC1. The first kappa shape index (κ1) is 16.5. The van der Waals surface area contributed by atoms with Crippen LogP contribution in [0.5, 0.6) is 0 Å². The number of carbonyl (C=O) groups excluding carboxylic acids is 1. The van der Waals surface area contributed by atoms with Crippen LogP contribution in [0.25, 0.3) is 0 Å². The molecule has 2 aromatic heterocycles. The first-order chi connectivity index (χ1) is 12.2. The molecule has 0 atom stereocenters. The van der Waals surface area contributed by atoms with Crippen molar-refractivity contribution in [3.63, 3.8) is 0 Å². The Bertz CT molecular complexity index is 820. The van der Waals surface area contributed by atoms with E-state index in [4.69, 9.17) is 0 Å². The van der Waals surface area contributed by atoms with Gasteiger partial charge in [-0.3, -0.25) is 9.59 Å². The van der Waals surface area contributed by atoms with E-state index in [9.17, 15) is 9.59 Å². The summed E-state index contributed by atoms with van der Waals surface area (Å²) in [6.07, 6.45) is 6.99. The molecule has 0 saturated heterocycles. The Morgan fingerprint density at radius 2 is 2.12 bits per heavy atom. The Morgan fingerprint density at radius 3 is 2.88 bits per heavy atom. The van der Waals surface area contributed by atoms with Gasteiger partial charge < -0.3 is 5.32 Å². The summed E-state index contributed by atoms with van der Waals surface area (Å²) in [5, 5.41) is 9.57. The molecular weight excluding hydrogens is 334 g/mol. The lowest BCUT2D eigenvalue weighted by molar-refractivity contribution is -0.126. The van der Waals surface area contributed by atoms with Gasteiger partial charge >= 0.3 is 0 Å². The number of aromatic nitrogens is 2. The van der Waals surface area contributed by atoms with Gasteiger partial charge in [0.25, 0.3) is 5.56 Å². The Labute approximate surface area is 151 Å². The van der Waals surface area contributed by atoms with Crippen molar-refractivity contribution in [1.29, 1.82) is 0 Å². The van der Waals surface area contributed by atoms with Gasteiger partial charge in [-0.15, -0.1) is 11.3 Å². The number of fused-ring (bicyclic) bond motifs is 1. The van der Waals surface area contributed by atoms with Crippen molar-refractivity contribution in [2.45, 2.75) is 56.9 Å². The van der Waals surface area contributed by atoms with Crippen LogP contribution in [0.3, 0.4) is 0 Å². The van der Waals surface area contributed by atoms with Crippen molar-refractivity contribution >= 4 is 17.2 Å². The molecule has 1 saturated carbocycles. The van der Waals surface area contributed by atoms with Gasteiger partial charge in [0.05, 0.1) is 17.7 Å². The number of amides is 1. The van der Waals surface area contributed by atoms with Gasteiger partial charge in [-0.1, -0.05) is 18.9 Å². The number of rotatable bonds is 5. The fourth-order valence-corrected chi connectivity index (χ4v) is 5.14. The summed E-state index contributed by atoms with van der Waals surface area (Å²) in [4.78, 5) is 26.2. The minimum atomic E-state index is -0.371. The standard InChI is InChI=1S/C19H23N3O2S/c23-17-13-14-5-3-6-15(14)21-22(17)11-10-20-18(24)19(8-1-2-9-19)16-7-4-12-25-16/h4,7,12-13H,1-3,5-6,8-11H2,(H,20,24). The molecule has 4 rings (SSSR count). The topological polar surface area (TPSA) is 64.0 Å². The number of carbonyl (C=O) groups is 1. The van der Waals surface area contributed by atoms with Crippen LogP contribution < -0.4 is 10.9 Å². The van der Waals surface area contributed by atoms with Crippen LogP contribution in [0.1, 0.15) is 48.2 Å². The molecule has 0 aliphatic heterocycles. The zero-order valence-electron chi connectivity index (χ0n) is 14.3. The zero-order chi connectivity index (χ0) is 17.3. The predicted molar refractivity (Wildman–Crippen MR) is 98.0 cm³/mol. The van der Waals surface area contributed by atoms with Gasteiger partial charge in [0.1, 0.15) is 0 Å². The third-order valence-corrected chi connectivity index (χ3v) is 6.59.